The quantitative estimate of drug-likeness (QED) is 0.0889. The Morgan fingerprint density at radius 1 is 0.635 bits per heavy atom. The molecule has 0 atom stereocenters. The molecule has 7 aromatic carbocycles. The Kier molecular flexibility index (Phi) is 13.7. The normalized spacial score (nSPS) is 14.1. The molecule has 0 spiro atoms. The van der Waals surface area contributed by atoms with Gasteiger partial charge in [-0.3, -0.25) is 9.98 Å². The van der Waals surface area contributed by atoms with Gasteiger partial charge in [-0.25, -0.2) is 0 Å². The van der Waals surface area contributed by atoms with Crippen LogP contribution in [0.2, 0.25) is 0 Å². The minimum atomic E-state index is 0.406. The van der Waals surface area contributed by atoms with Crippen molar-refractivity contribution in [2.75, 3.05) is 0 Å². The number of allylic oxidation sites excluding steroid dienone is 7. The summed E-state index contributed by atoms with van der Waals surface area (Å²) in [6.07, 6.45) is 17.4. The number of benzene rings is 7. The number of hydrogen-bond donors (Lipinski definition) is 0. The van der Waals surface area contributed by atoms with Gasteiger partial charge in [-0.15, -0.1) is 0 Å². The second-order valence-corrected chi connectivity index (χ2v) is 17.9. The lowest BCUT2D eigenvalue weighted by molar-refractivity contribution is 0.470. The molecular formula is C68H57N5O. The van der Waals surface area contributed by atoms with Crippen LogP contribution >= 0.6 is 0 Å². The molecule has 4 heterocycles. The summed E-state index contributed by atoms with van der Waals surface area (Å²) in [4.78, 5) is 9.75. The van der Waals surface area contributed by atoms with E-state index >= 15 is 0 Å². The fraction of sp³-hybridized carbons (Fsp3) is 0.0588. The van der Waals surface area contributed by atoms with Crippen molar-refractivity contribution in [3.05, 3.63) is 265 Å². The lowest BCUT2D eigenvalue weighted by Gasteiger charge is -2.09. The second-order valence-electron chi connectivity index (χ2n) is 17.9. The van der Waals surface area contributed by atoms with Crippen molar-refractivity contribution in [1.29, 1.82) is 0 Å². The summed E-state index contributed by atoms with van der Waals surface area (Å²) >= 11 is 0. The van der Waals surface area contributed by atoms with E-state index < -0.39 is 0 Å². The molecule has 1 aliphatic heterocycles. The van der Waals surface area contributed by atoms with Gasteiger partial charge in [0, 0.05) is 54.8 Å². The molecule has 3 aromatic heterocycles. The molecule has 11 rings (SSSR count). The third-order valence-corrected chi connectivity index (χ3v) is 13.6. The zero-order chi connectivity index (χ0) is 51.3. The Hall–Kier alpha value is -9.52. The molecule has 0 bridgehead atoms. The van der Waals surface area contributed by atoms with E-state index in [-0.39, 0.29) is 0 Å². The van der Waals surface area contributed by atoms with Crippen LogP contribution in [0.5, 0.6) is 5.75 Å². The fourth-order valence-electron chi connectivity index (χ4n) is 10.4. The molecule has 0 amide bonds. The number of aryl methyl sites for hydroxylation is 1. The maximum atomic E-state index is 6.48. The highest BCUT2D eigenvalue weighted by atomic mass is 16.5. The molecule has 6 heteroatoms. The Balaban J connectivity index is 0.000000253. The monoisotopic (exact) mass is 959 g/mol. The summed E-state index contributed by atoms with van der Waals surface area (Å²) in [5.74, 6) is 1.40. The first-order chi connectivity index (χ1) is 36.3. The molecule has 0 fully saturated rings. The minimum Gasteiger partial charge on any atom is -0.452 e. The standard InChI is InChI=1S/C48H34N4O.C20H23N/c1-31-21-26-45-40(27-31)47(48(53-45)46(49-2)32-13-5-3-6-14-32)50-30-51-41-19-11-9-17-36(41)38-28-33(22-24-42(38)51)34-23-25-44-39(29-34)37-18-10-12-20-43(37)52(44)35-15-7-4-8-16-35;1-7-13-16(14-8-2)21-19(12-6)17(10-4)18(11-5)20(21)15-9-3/h3-29H,2,30H2,1H3;7-15H,1,3-4,6H2,2,5H3/b48-46+,50-47-;14-8-,16-13+,18-11-,20-15+. The number of ether oxygens (including phenoxy) is 1. The van der Waals surface area contributed by atoms with Crippen molar-refractivity contribution in [1.82, 2.24) is 13.7 Å². The van der Waals surface area contributed by atoms with Crippen LogP contribution in [0.25, 0.3) is 96.1 Å². The van der Waals surface area contributed by atoms with E-state index in [4.69, 9.17) is 9.73 Å². The molecule has 0 saturated carbocycles. The van der Waals surface area contributed by atoms with Gasteiger partial charge in [-0.05, 0) is 124 Å². The summed E-state index contributed by atoms with van der Waals surface area (Å²) in [7, 11) is 0. The SMILES string of the molecule is C=C/C=C(\C=C/C)n1c(C=C)c(C=C)c(=C/C)/c1=C\C=C.C=N/C(=C1/Oc2ccc(C)cc2/C1=N/Cn1c2ccccc2c2cc(-c3ccc4c(c3)c3ccccc3n4-c3ccccc3)ccc21)c1ccccc1. The Bertz CT molecular complexity index is 4130. The topological polar surface area (TPSA) is 48.7 Å². The summed E-state index contributed by atoms with van der Waals surface area (Å²) < 4.78 is 13.3. The molecule has 1 aliphatic rings. The molecule has 6 nitrogen and oxygen atoms in total. The third kappa shape index (κ3) is 8.62. The molecule has 0 saturated heterocycles. The minimum absolute atomic E-state index is 0.406. The van der Waals surface area contributed by atoms with Crippen LogP contribution in [0.15, 0.2) is 236 Å². The summed E-state index contributed by atoms with van der Waals surface area (Å²) in [5, 5.41) is 7.05. The number of para-hydroxylation sites is 3. The molecular weight excluding hydrogens is 903 g/mol. The van der Waals surface area contributed by atoms with Gasteiger partial charge in [0.05, 0.1) is 33.1 Å². The molecule has 10 aromatic rings. The van der Waals surface area contributed by atoms with E-state index in [0.717, 1.165) is 72.4 Å². The van der Waals surface area contributed by atoms with Gasteiger partial charge in [0.2, 0.25) is 0 Å². The summed E-state index contributed by atoms with van der Waals surface area (Å²) in [6, 6.07) is 57.8. The number of rotatable bonds is 12. The number of hydrogen-bond acceptors (Lipinski definition) is 3. The molecule has 0 unspecified atom stereocenters. The van der Waals surface area contributed by atoms with Gasteiger partial charge in [-0.1, -0.05) is 165 Å². The molecule has 0 N–H and O–H groups in total. The van der Waals surface area contributed by atoms with Gasteiger partial charge >= 0.3 is 0 Å². The maximum absolute atomic E-state index is 6.48. The maximum Gasteiger partial charge on any atom is 0.179 e. The Labute approximate surface area is 432 Å². The van der Waals surface area contributed by atoms with E-state index in [9.17, 15) is 0 Å². The lowest BCUT2D eigenvalue weighted by Crippen LogP contribution is -2.29. The van der Waals surface area contributed by atoms with Crippen molar-refractivity contribution < 1.29 is 4.74 Å². The van der Waals surface area contributed by atoms with Crippen molar-refractivity contribution in [3.8, 4) is 22.6 Å². The first-order valence-electron chi connectivity index (χ1n) is 24.8. The Morgan fingerprint density at radius 3 is 1.91 bits per heavy atom. The highest BCUT2D eigenvalue weighted by Crippen LogP contribution is 2.39. The average molecular weight is 960 g/mol. The predicted molar refractivity (Wildman–Crippen MR) is 318 cm³/mol. The van der Waals surface area contributed by atoms with E-state index in [0.29, 0.717) is 18.1 Å². The number of aromatic nitrogens is 3. The van der Waals surface area contributed by atoms with Gasteiger partial charge in [0.25, 0.3) is 0 Å². The highest BCUT2D eigenvalue weighted by Gasteiger charge is 2.29. The van der Waals surface area contributed by atoms with Crippen LogP contribution in [-0.2, 0) is 6.67 Å². The summed E-state index contributed by atoms with van der Waals surface area (Å²) in [6.45, 7) is 25.9. The van der Waals surface area contributed by atoms with Crippen molar-refractivity contribution in [2.24, 2.45) is 9.98 Å². The molecule has 360 valence electrons. The van der Waals surface area contributed by atoms with Crippen LogP contribution in [-0.4, -0.2) is 26.1 Å². The fourth-order valence-corrected chi connectivity index (χ4v) is 10.4. The second kappa shape index (κ2) is 21.1. The zero-order valence-corrected chi connectivity index (χ0v) is 42.2. The number of fused-ring (bicyclic) bond motifs is 7. The molecule has 0 aliphatic carbocycles. The third-order valence-electron chi connectivity index (χ3n) is 13.6. The first kappa shape index (κ1) is 48.1. The van der Waals surface area contributed by atoms with Gasteiger partial charge in [-0.2, -0.15) is 0 Å². The molecule has 0 radical (unpaired) electrons. The van der Waals surface area contributed by atoms with E-state index in [2.05, 4.69) is 192 Å². The van der Waals surface area contributed by atoms with E-state index in [1.807, 2.05) is 86.7 Å². The highest BCUT2D eigenvalue weighted by molar-refractivity contribution is 6.19. The van der Waals surface area contributed by atoms with Crippen molar-refractivity contribution >= 4 is 91.7 Å². The van der Waals surface area contributed by atoms with Crippen LogP contribution in [0.1, 0.15) is 41.8 Å². The van der Waals surface area contributed by atoms with Gasteiger partial charge in [0.1, 0.15) is 23.8 Å². The number of nitrogens with zero attached hydrogens (tertiary/aromatic N) is 5. The van der Waals surface area contributed by atoms with Crippen LogP contribution in [0.3, 0.4) is 0 Å². The van der Waals surface area contributed by atoms with E-state index in [1.54, 1.807) is 12.2 Å². The van der Waals surface area contributed by atoms with Crippen molar-refractivity contribution in [2.45, 2.75) is 27.4 Å². The van der Waals surface area contributed by atoms with Gasteiger partial charge < -0.3 is 18.4 Å². The van der Waals surface area contributed by atoms with Crippen LogP contribution < -0.4 is 15.3 Å². The zero-order valence-electron chi connectivity index (χ0n) is 42.2. The number of aliphatic imine (C=N–C) groups is 2. The van der Waals surface area contributed by atoms with Crippen LogP contribution in [0, 0.1) is 6.92 Å². The smallest absolute Gasteiger partial charge is 0.179 e. The molecule has 74 heavy (non-hydrogen) atoms. The summed E-state index contributed by atoms with van der Waals surface area (Å²) in [5.41, 5.74) is 15.8. The van der Waals surface area contributed by atoms with Gasteiger partial charge in [0.15, 0.2) is 5.76 Å². The van der Waals surface area contributed by atoms with Crippen LogP contribution in [0.4, 0.5) is 0 Å². The average Bonchev–Trinajstić information content (AvgIpc) is 4.16. The lowest BCUT2D eigenvalue weighted by atomic mass is 10.0. The largest absolute Gasteiger partial charge is 0.452 e. The van der Waals surface area contributed by atoms with Crippen molar-refractivity contribution in [3.63, 3.8) is 0 Å². The van der Waals surface area contributed by atoms with E-state index in [1.165, 1.54) is 43.7 Å². The predicted octanol–water partition coefficient (Wildman–Crippen LogP) is 15.9. The Morgan fingerprint density at radius 2 is 1.26 bits per heavy atom. The first-order valence-corrected chi connectivity index (χ1v) is 24.8.